The van der Waals surface area contributed by atoms with E-state index in [1.165, 1.54) is 0 Å². The first-order valence-corrected chi connectivity index (χ1v) is 12.6. The van der Waals surface area contributed by atoms with Crippen molar-refractivity contribution in [3.05, 3.63) is 82.1 Å². The van der Waals surface area contributed by atoms with Gasteiger partial charge in [-0.15, -0.1) is 0 Å². The van der Waals surface area contributed by atoms with Crippen LogP contribution < -0.4 is 19.5 Å². The Balaban J connectivity index is 1.38. The molecule has 0 fully saturated rings. The van der Waals surface area contributed by atoms with Crippen LogP contribution in [0.1, 0.15) is 22.5 Å². The molecule has 0 bridgehead atoms. The van der Waals surface area contributed by atoms with E-state index in [2.05, 4.69) is 16.0 Å². The Bertz CT molecular complexity index is 1380. The number of imidazole rings is 1. The molecule has 0 aliphatic heterocycles. The average Bonchev–Trinajstić information content (AvgIpc) is 3.24. The van der Waals surface area contributed by atoms with Gasteiger partial charge in [-0.3, -0.25) is 4.79 Å². The van der Waals surface area contributed by atoms with Crippen LogP contribution in [0.2, 0.25) is 5.02 Å². The number of fused-ring (bicyclic) bond motifs is 1. The molecule has 4 rings (SSSR count). The number of nitrogens with zero attached hydrogens (tertiary/aromatic N) is 2. The molecular weight excluding hydrogens is 490 g/mol. The second-order valence-corrected chi connectivity index (χ2v) is 9.23. The third-order valence-corrected chi connectivity index (χ3v) is 6.81. The molecule has 0 atom stereocenters. The van der Waals surface area contributed by atoms with Crippen LogP contribution in [0.4, 0.5) is 0 Å². The molecule has 0 unspecified atom stereocenters. The molecule has 0 aliphatic carbocycles. The van der Waals surface area contributed by atoms with Crippen LogP contribution in [0.3, 0.4) is 0 Å². The number of ether oxygens (including phenoxy) is 3. The monoisotopic (exact) mass is 521 g/mol. The number of halogens is 1. The molecule has 8 heteroatoms. The van der Waals surface area contributed by atoms with Gasteiger partial charge in [-0.25, -0.2) is 4.98 Å². The van der Waals surface area contributed by atoms with Gasteiger partial charge >= 0.3 is 0 Å². The van der Waals surface area contributed by atoms with Crippen molar-refractivity contribution < 1.29 is 19.0 Å². The van der Waals surface area contributed by atoms with Gasteiger partial charge in [0.15, 0.2) is 11.5 Å². The van der Waals surface area contributed by atoms with E-state index in [1.807, 2.05) is 56.3 Å². The molecule has 1 amide bonds. The number of para-hydroxylation sites is 2. The minimum atomic E-state index is -0.0632. The number of aromatic nitrogens is 2. The normalized spacial score (nSPS) is 10.9. The number of carbonyl (C=O) groups excluding carboxylic acids is 1. The smallest absolute Gasteiger partial charge is 0.224 e. The summed E-state index contributed by atoms with van der Waals surface area (Å²) < 4.78 is 18.8. The second kappa shape index (κ2) is 12.0. The highest BCUT2D eigenvalue weighted by molar-refractivity contribution is 6.32. The molecule has 0 saturated carbocycles. The first-order chi connectivity index (χ1) is 17.9. The standard InChI is InChI=1S/C29H32ClN3O4/c1-19-15-22(16-20(2)29(19)30)37-14-13-33-24-8-6-5-7-23(24)32-27(33)11-12-31-28(34)18-21-9-10-25(35-3)26(17-21)36-4/h5-10,15-17H,11-14,18H2,1-4H3,(H,31,34). The zero-order valence-electron chi connectivity index (χ0n) is 21.6. The maximum Gasteiger partial charge on any atom is 0.224 e. The summed E-state index contributed by atoms with van der Waals surface area (Å²) in [7, 11) is 3.17. The van der Waals surface area contributed by atoms with E-state index in [4.69, 9.17) is 30.8 Å². The van der Waals surface area contributed by atoms with E-state index in [0.717, 1.165) is 44.3 Å². The number of carbonyl (C=O) groups is 1. The fourth-order valence-corrected chi connectivity index (χ4v) is 4.47. The number of benzene rings is 3. The molecule has 0 aliphatic rings. The van der Waals surface area contributed by atoms with Crippen LogP contribution in [0.5, 0.6) is 17.2 Å². The van der Waals surface area contributed by atoms with Gasteiger partial charge in [-0.1, -0.05) is 29.8 Å². The van der Waals surface area contributed by atoms with Crippen molar-refractivity contribution in [2.75, 3.05) is 27.4 Å². The molecular formula is C29H32ClN3O4. The molecule has 0 radical (unpaired) electrons. The molecule has 194 valence electrons. The summed E-state index contributed by atoms with van der Waals surface area (Å²) in [6, 6.07) is 17.4. The zero-order valence-corrected chi connectivity index (χ0v) is 22.4. The highest BCUT2D eigenvalue weighted by atomic mass is 35.5. The Morgan fingerprint density at radius 1 is 1.00 bits per heavy atom. The summed E-state index contributed by atoms with van der Waals surface area (Å²) in [4.78, 5) is 17.4. The molecule has 37 heavy (non-hydrogen) atoms. The number of nitrogens with one attached hydrogen (secondary N) is 1. The first-order valence-electron chi connectivity index (χ1n) is 12.2. The molecule has 1 N–H and O–H groups in total. The van der Waals surface area contributed by atoms with Crippen LogP contribution in [0, 0.1) is 13.8 Å². The van der Waals surface area contributed by atoms with E-state index in [9.17, 15) is 4.79 Å². The molecule has 1 aromatic heterocycles. The predicted molar refractivity (Wildman–Crippen MR) is 146 cm³/mol. The fraction of sp³-hybridized carbons (Fsp3) is 0.310. The quantitative estimate of drug-likeness (QED) is 0.290. The lowest BCUT2D eigenvalue weighted by atomic mass is 10.1. The number of rotatable bonds is 11. The molecule has 0 spiro atoms. The van der Waals surface area contributed by atoms with Gasteiger partial charge in [-0.2, -0.15) is 0 Å². The zero-order chi connectivity index (χ0) is 26.4. The Labute approximate surface area is 222 Å². The summed E-state index contributed by atoms with van der Waals surface area (Å²) in [6.45, 7) is 5.55. The number of hydrogen-bond donors (Lipinski definition) is 1. The highest BCUT2D eigenvalue weighted by Gasteiger charge is 2.13. The van der Waals surface area contributed by atoms with Crippen molar-refractivity contribution in [3.63, 3.8) is 0 Å². The van der Waals surface area contributed by atoms with Gasteiger partial charge in [0.05, 0.1) is 38.2 Å². The highest BCUT2D eigenvalue weighted by Crippen LogP contribution is 2.28. The number of methoxy groups -OCH3 is 2. The Kier molecular flexibility index (Phi) is 8.56. The van der Waals surface area contributed by atoms with Crippen molar-refractivity contribution in [3.8, 4) is 17.2 Å². The Hall–Kier alpha value is -3.71. The van der Waals surface area contributed by atoms with E-state index < -0.39 is 0 Å². The fourth-order valence-electron chi connectivity index (χ4n) is 4.36. The molecule has 3 aromatic carbocycles. The van der Waals surface area contributed by atoms with Crippen molar-refractivity contribution >= 4 is 28.5 Å². The Morgan fingerprint density at radius 2 is 1.73 bits per heavy atom. The van der Waals surface area contributed by atoms with E-state index in [0.29, 0.717) is 37.6 Å². The van der Waals surface area contributed by atoms with Crippen LogP contribution in [0.25, 0.3) is 11.0 Å². The van der Waals surface area contributed by atoms with Gasteiger partial charge in [0.25, 0.3) is 0 Å². The van der Waals surface area contributed by atoms with E-state index >= 15 is 0 Å². The summed E-state index contributed by atoms with van der Waals surface area (Å²) in [5, 5.41) is 3.78. The van der Waals surface area contributed by atoms with Crippen molar-refractivity contribution in [1.82, 2.24) is 14.9 Å². The lowest BCUT2D eigenvalue weighted by Gasteiger charge is -2.13. The molecule has 4 aromatic rings. The van der Waals surface area contributed by atoms with Gasteiger partial charge in [0.1, 0.15) is 18.2 Å². The largest absolute Gasteiger partial charge is 0.493 e. The topological polar surface area (TPSA) is 74.6 Å². The van der Waals surface area contributed by atoms with Crippen molar-refractivity contribution in [2.45, 2.75) is 33.2 Å². The van der Waals surface area contributed by atoms with Crippen LogP contribution in [-0.2, 0) is 24.2 Å². The second-order valence-electron chi connectivity index (χ2n) is 8.85. The average molecular weight is 522 g/mol. The van der Waals surface area contributed by atoms with Crippen LogP contribution in [0.15, 0.2) is 54.6 Å². The van der Waals surface area contributed by atoms with Crippen molar-refractivity contribution in [2.24, 2.45) is 0 Å². The summed E-state index contributed by atoms with van der Waals surface area (Å²) >= 11 is 6.28. The van der Waals surface area contributed by atoms with E-state index in [1.54, 1.807) is 20.3 Å². The summed E-state index contributed by atoms with van der Waals surface area (Å²) in [5.41, 5.74) is 4.81. The Morgan fingerprint density at radius 3 is 2.46 bits per heavy atom. The van der Waals surface area contributed by atoms with Crippen molar-refractivity contribution in [1.29, 1.82) is 0 Å². The minimum absolute atomic E-state index is 0.0632. The predicted octanol–water partition coefficient (Wildman–Crippen LogP) is 5.30. The van der Waals surface area contributed by atoms with Gasteiger partial charge in [0, 0.05) is 18.0 Å². The summed E-state index contributed by atoms with van der Waals surface area (Å²) in [6.07, 6.45) is 0.857. The third-order valence-electron chi connectivity index (χ3n) is 6.21. The van der Waals surface area contributed by atoms with Gasteiger partial charge in [-0.05, 0) is 66.9 Å². The SMILES string of the molecule is COc1ccc(CC(=O)NCCc2nc3ccccc3n2CCOc2cc(C)c(Cl)c(C)c2)cc1OC. The van der Waals surface area contributed by atoms with Crippen LogP contribution in [-0.4, -0.2) is 42.8 Å². The molecule has 1 heterocycles. The maximum absolute atomic E-state index is 12.6. The molecule has 7 nitrogen and oxygen atoms in total. The number of aryl methyl sites for hydroxylation is 2. The summed E-state index contributed by atoms with van der Waals surface area (Å²) in [5.74, 6) is 2.88. The first kappa shape index (κ1) is 26.4. The van der Waals surface area contributed by atoms with E-state index in [-0.39, 0.29) is 12.3 Å². The number of amides is 1. The third kappa shape index (κ3) is 6.35. The van der Waals surface area contributed by atoms with Gasteiger partial charge in [0.2, 0.25) is 5.91 Å². The number of hydrogen-bond acceptors (Lipinski definition) is 5. The lowest BCUT2D eigenvalue weighted by Crippen LogP contribution is -2.28. The minimum Gasteiger partial charge on any atom is -0.493 e. The maximum atomic E-state index is 12.6. The van der Waals surface area contributed by atoms with Crippen LogP contribution >= 0.6 is 11.6 Å². The lowest BCUT2D eigenvalue weighted by molar-refractivity contribution is -0.120. The van der Waals surface area contributed by atoms with Gasteiger partial charge < -0.3 is 24.1 Å². The molecule has 0 saturated heterocycles.